The van der Waals surface area contributed by atoms with Gasteiger partial charge in [-0.1, -0.05) is 19.1 Å². The first-order valence-corrected chi connectivity index (χ1v) is 8.71. The Morgan fingerprint density at radius 1 is 1.04 bits per heavy atom. The number of benzene rings is 2. The highest BCUT2D eigenvalue weighted by Crippen LogP contribution is 2.24. The van der Waals surface area contributed by atoms with Crippen LogP contribution in [0.4, 0.5) is 0 Å². The summed E-state index contributed by atoms with van der Waals surface area (Å²) in [6, 6.07) is 12.3. The molecule has 0 fully saturated rings. The zero-order chi connectivity index (χ0) is 19.2. The summed E-state index contributed by atoms with van der Waals surface area (Å²) in [7, 11) is 0. The van der Waals surface area contributed by atoms with Crippen molar-refractivity contribution in [2.75, 3.05) is 13.2 Å². The number of carbonyl (C=O) groups is 1. The van der Waals surface area contributed by atoms with E-state index in [1.54, 1.807) is 25.1 Å². The predicted octanol–water partition coefficient (Wildman–Crippen LogP) is 4.09. The molecule has 0 amide bonds. The fourth-order valence-electron chi connectivity index (χ4n) is 2.52. The van der Waals surface area contributed by atoms with Gasteiger partial charge in [0, 0.05) is 6.07 Å². The largest absolute Gasteiger partial charge is 0.482 e. The Kier molecular flexibility index (Phi) is 5.76. The second-order valence-corrected chi connectivity index (χ2v) is 5.78. The van der Waals surface area contributed by atoms with Crippen LogP contribution in [0, 0.1) is 0 Å². The summed E-state index contributed by atoms with van der Waals surface area (Å²) in [5.41, 5.74) is 1.24. The maximum Gasteiger partial charge on any atom is 0.344 e. The lowest BCUT2D eigenvalue weighted by Crippen LogP contribution is -2.14. The van der Waals surface area contributed by atoms with Crippen molar-refractivity contribution in [2.45, 2.75) is 20.3 Å². The molecule has 0 aliphatic carbocycles. The fraction of sp³-hybridized carbons (Fsp3) is 0.238. The molecule has 27 heavy (non-hydrogen) atoms. The minimum absolute atomic E-state index is 0.104. The Morgan fingerprint density at radius 3 is 2.48 bits per heavy atom. The minimum atomic E-state index is -0.461. The van der Waals surface area contributed by atoms with Crippen molar-refractivity contribution in [3.63, 3.8) is 0 Å². The molecular weight excluding hydrogens is 348 g/mol. The van der Waals surface area contributed by atoms with Crippen LogP contribution in [0.2, 0.25) is 0 Å². The second-order valence-electron chi connectivity index (χ2n) is 5.78. The molecular formula is C21H20O6. The molecule has 0 bridgehead atoms. The molecule has 0 unspecified atom stereocenters. The number of rotatable bonds is 7. The van der Waals surface area contributed by atoms with Gasteiger partial charge in [0.1, 0.15) is 23.3 Å². The normalized spacial score (nSPS) is 10.6. The molecule has 3 rings (SSSR count). The monoisotopic (exact) mass is 368 g/mol. The topological polar surface area (TPSA) is 75.0 Å². The van der Waals surface area contributed by atoms with E-state index in [4.69, 9.17) is 18.6 Å². The third-order valence-electron chi connectivity index (χ3n) is 3.94. The van der Waals surface area contributed by atoms with Gasteiger partial charge in [-0.05, 0) is 43.2 Å². The Hall–Kier alpha value is -3.28. The third-order valence-corrected chi connectivity index (χ3v) is 3.94. The Balaban J connectivity index is 1.79. The second kappa shape index (κ2) is 8.40. The Labute approximate surface area is 156 Å². The summed E-state index contributed by atoms with van der Waals surface area (Å²) in [6.45, 7) is 3.87. The van der Waals surface area contributed by atoms with Gasteiger partial charge in [0.25, 0.3) is 0 Å². The van der Waals surface area contributed by atoms with Crippen molar-refractivity contribution in [3.05, 3.63) is 64.5 Å². The van der Waals surface area contributed by atoms with E-state index < -0.39 is 5.97 Å². The SMILES string of the molecule is CCOC(=O)COc1ccc2c(=O)c(Oc3ccc(CC)cc3)coc2c1. The minimum Gasteiger partial charge on any atom is -0.482 e. The highest BCUT2D eigenvalue weighted by atomic mass is 16.6. The number of fused-ring (bicyclic) bond motifs is 1. The maximum absolute atomic E-state index is 12.6. The molecule has 6 heteroatoms. The van der Waals surface area contributed by atoms with Crippen molar-refractivity contribution in [1.82, 2.24) is 0 Å². The molecule has 3 aromatic rings. The van der Waals surface area contributed by atoms with Gasteiger partial charge in [-0.25, -0.2) is 4.79 Å². The summed E-state index contributed by atoms with van der Waals surface area (Å²) in [4.78, 5) is 24.0. The molecule has 0 spiro atoms. The van der Waals surface area contributed by atoms with Gasteiger partial charge in [-0.3, -0.25) is 4.79 Å². The van der Waals surface area contributed by atoms with Gasteiger partial charge < -0.3 is 18.6 Å². The van der Waals surface area contributed by atoms with Gasteiger partial charge in [-0.2, -0.15) is 0 Å². The fourth-order valence-corrected chi connectivity index (χ4v) is 2.52. The summed E-state index contributed by atoms with van der Waals surface area (Å²) in [5, 5.41) is 0.362. The van der Waals surface area contributed by atoms with Crippen LogP contribution in [0.15, 0.2) is 57.9 Å². The van der Waals surface area contributed by atoms with Crippen molar-refractivity contribution >= 4 is 16.9 Å². The number of esters is 1. The smallest absolute Gasteiger partial charge is 0.344 e. The maximum atomic E-state index is 12.6. The molecule has 0 aliphatic heterocycles. The summed E-state index contributed by atoms with van der Waals surface area (Å²) in [6.07, 6.45) is 2.20. The zero-order valence-corrected chi connectivity index (χ0v) is 15.2. The van der Waals surface area contributed by atoms with E-state index in [0.717, 1.165) is 6.42 Å². The number of aryl methyl sites for hydroxylation is 1. The molecule has 0 aliphatic rings. The molecule has 6 nitrogen and oxygen atoms in total. The number of hydrogen-bond acceptors (Lipinski definition) is 6. The lowest BCUT2D eigenvalue weighted by molar-refractivity contribution is -0.145. The predicted molar refractivity (Wildman–Crippen MR) is 101 cm³/mol. The molecule has 2 aromatic carbocycles. The Morgan fingerprint density at radius 2 is 1.78 bits per heavy atom. The quantitative estimate of drug-likeness (QED) is 0.585. The van der Waals surface area contributed by atoms with Crippen LogP contribution in [0.5, 0.6) is 17.2 Å². The molecule has 1 heterocycles. The van der Waals surface area contributed by atoms with Crippen LogP contribution in [0.1, 0.15) is 19.4 Å². The molecule has 1 aromatic heterocycles. The van der Waals surface area contributed by atoms with Gasteiger partial charge in [0.15, 0.2) is 6.61 Å². The van der Waals surface area contributed by atoms with Crippen LogP contribution in [0.25, 0.3) is 11.0 Å². The zero-order valence-electron chi connectivity index (χ0n) is 15.2. The first-order chi connectivity index (χ1) is 13.1. The molecule has 140 valence electrons. The molecule has 0 radical (unpaired) electrons. The van der Waals surface area contributed by atoms with Gasteiger partial charge >= 0.3 is 5.97 Å². The molecule has 0 N–H and O–H groups in total. The number of hydrogen-bond donors (Lipinski definition) is 0. The third kappa shape index (κ3) is 4.47. The van der Waals surface area contributed by atoms with Crippen LogP contribution < -0.4 is 14.9 Å². The highest BCUT2D eigenvalue weighted by molar-refractivity contribution is 5.79. The van der Waals surface area contributed by atoms with Crippen molar-refractivity contribution in [3.8, 4) is 17.2 Å². The van der Waals surface area contributed by atoms with Crippen molar-refractivity contribution in [1.29, 1.82) is 0 Å². The summed E-state index contributed by atoms with van der Waals surface area (Å²) >= 11 is 0. The van der Waals surface area contributed by atoms with Crippen LogP contribution in [-0.2, 0) is 16.0 Å². The lowest BCUT2D eigenvalue weighted by Gasteiger charge is -2.08. The van der Waals surface area contributed by atoms with E-state index in [1.807, 2.05) is 24.3 Å². The average molecular weight is 368 g/mol. The number of carbonyl (C=O) groups excluding carboxylic acids is 1. The first-order valence-electron chi connectivity index (χ1n) is 8.71. The lowest BCUT2D eigenvalue weighted by atomic mass is 10.2. The van der Waals surface area contributed by atoms with Gasteiger partial charge in [0.05, 0.1) is 12.0 Å². The number of ether oxygens (including phenoxy) is 3. The van der Waals surface area contributed by atoms with Crippen molar-refractivity contribution < 1.29 is 23.4 Å². The first kappa shape index (κ1) is 18.5. The Bertz CT molecular complexity index is 988. The van der Waals surface area contributed by atoms with E-state index in [2.05, 4.69) is 6.92 Å². The van der Waals surface area contributed by atoms with E-state index in [9.17, 15) is 9.59 Å². The molecule has 0 saturated heterocycles. The van der Waals surface area contributed by atoms with E-state index in [1.165, 1.54) is 11.8 Å². The van der Waals surface area contributed by atoms with E-state index in [-0.39, 0.29) is 17.8 Å². The van der Waals surface area contributed by atoms with Crippen LogP contribution in [-0.4, -0.2) is 19.2 Å². The van der Waals surface area contributed by atoms with Gasteiger partial charge in [-0.15, -0.1) is 0 Å². The van der Waals surface area contributed by atoms with Crippen molar-refractivity contribution in [2.24, 2.45) is 0 Å². The van der Waals surface area contributed by atoms with E-state index in [0.29, 0.717) is 29.1 Å². The average Bonchev–Trinajstić information content (AvgIpc) is 2.69. The standard InChI is InChI=1S/C21H20O6/c1-3-14-5-7-15(8-6-14)27-19-12-26-18-11-16(9-10-17(18)21(19)23)25-13-20(22)24-4-2/h5-12H,3-4,13H2,1-2H3. The van der Waals surface area contributed by atoms with Crippen LogP contribution in [0.3, 0.4) is 0 Å². The molecule has 0 atom stereocenters. The highest BCUT2D eigenvalue weighted by Gasteiger charge is 2.11. The van der Waals surface area contributed by atoms with Crippen LogP contribution >= 0.6 is 0 Å². The molecule has 0 saturated carbocycles. The summed E-state index contributed by atoms with van der Waals surface area (Å²) < 4.78 is 21.3. The summed E-state index contributed by atoms with van der Waals surface area (Å²) in [5.74, 6) is 0.611. The van der Waals surface area contributed by atoms with Gasteiger partial charge in [0.2, 0.25) is 11.2 Å². The van der Waals surface area contributed by atoms with E-state index >= 15 is 0 Å².